The molecule has 0 radical (unpaired) electrons. The van der Waals surface area contributed by atoms with Gasteiger partial charge in [0.05, 0.1) is 19.1 Å². The number of imidazole rings is 1. The van der Waals surface area contributed by atoms with E-state index >= 15 is 0 Å². The van der Waals surface area contributed by atoms with E-state index in [-0.39, 0.29) is 18.4 Å². The molecule has 2 rings (SSSR count). The Balaban J connectivity index is 2.14. The van der Waals surface area contributed by atoms with E-state index in [4.69, 9.17) is 0 Å². The fraction of sp³-hybridized carbons (Fsp3) is 0.444. The molecule has 0 aliphatic carbocycles. The van der Waals surface area contributed by atoms with Crippen molar-refractivity contribution in [3.8, 4) is 0 Å². The Labute approximate surface area is 86.9 Å². The molecule has 2 amide bonds. The molecule has 1 saturated heterocycles. The Morgan fingerprint density at radius 2 is 2.40 bits per heavy atom. The lowest BCUT2D eigenvalue weighted by Crippen LogP contribution is -2.50. The lowest BCUT2D eigenvalue weighted by Gasteiger charge is -2.26. The number of hydrogen-bond acceptors (Lipinski definition) is 3. The molecule has 1 fully saturated rings. The molecule has 6 heteroatoms. The number of aromatic nitrogens is 2. The largest absolute Gasteiger partial charge is 0.353 e. The van der Waals surface area contributed by atoms with Gasteiger partial charge in [-0.15, -0.1) is 0 Å². The highest BCUT2D eigenvalue weighted by Crippen LogP contribution is 2.04. The molecule has 1 aliphatic rings. The van der Waals surface area contributed by atoms with Gasteiger partial charge >= 0.3 is 0 Å². The van der Waals surface area contributed by atoms with Crippen molar-refractivity contribution < 1.29 is 9.59 Å². The van der Waals surface area contributed by atoms with Crippen LogP contribution in [-0.4, -0.2) is 45.9 Å². The van der Waals surface area contributed by atoms with Gasteiger partial charge < -0.3 is 14.8 Å². The van der Waals surface area contributed by atoms with Crippen molar-refractivity contribution in [3.05, 3.63) is 18.2 Å². The van der Waals surface area contributed by atoms with Crippen LogP contribution in [0.2, 0.25) is 0 Å². The van der Waals surface area contributed by atoms with Crippen molar-refractivity contribution in [2.45, 2.75) is 0 Å². The molecule has 15 heavy (non-hydrogen) atoms. The third-order valence-electron chi connectivity index (χ3n) is 2.36. The summed E-state index contributed by atoms with van der Waals surface area (Å²) in [4.78, 5) is 28.4. The number of hydrogen-bond donors (Lipinski definition) is 1. The maximum atomic E-state index is 11.9. The average Bonchev–Trinajstić information content (AvgIpc) is 2.63. The van der Waals surface area contributed by atoms with Crippen molar-refractivity contribution in [1.82, 2.24) is 19.8 Å². The summed E-state index contributed by atoms with van der Waals surface area (Å²) in [6, 6.07) is 0. The Bertz CT molecular complexity index is 399. The second-order valence-electron chi connectivity index (χ2n) is 3.47. The van der Waals surface area contributed by atoms with Gasteiger partial charge in [-0.3, -0.25) is 9.59 Å². The summed E-state index contributed by atoms with van der Waals surface area (Å²) in [5.41, 5.74) is 0.504. The highest BCUT2D eigenvalue weighted by Gasteiger charge is 2.23. The van der Waals surface area contributed by atoms with Crippen molar-refractivity contribution in [3.63, 3.8) is 0 Å². The first kappa shape index (κ1) is 9.70. The van der Waals surface area contributed by atoms with E-state index in [9.17, 15) is 9.59 Å². The Morgan fingerprint density at radius 3 is 3.00 bits per heavy atom. The number of rotatable bonds is 1. The zero-order valence-corrected chi connectivity index (χ0v) is 8.43. The first-order valence-electron chi connectivity index (χ1n) is 4.71. The smallest absolute Gasteiger partial charge is 0.272 e. The molecule has 0 spiro atoms. The van der Waals surface area contributed by atoms with Crippen LogP contribution in [0, 0.1) is 0 Å². The fourth-order valence-corrected chi connectivity index (χ4v) is 1.54. The van der Waals surface area contributed by atoms with Gasteiger partial charge in [0.2, 0.25) is 5.91 Å². The predicted octanol–water partition coefficient (Wildman–Crippen LogP) is -1.01. The molecule has 0 aromatic carbocycles. The number of aryl methyl sites for hydroxylation is 1. The van der Waals surface area contributed by atoms with Crippen LogP contribution in [0.4, 0.5) is 0 Å². The molecular weight excluding hydrogens is 196 g/mol. The van der Waals surface area contributed by atoms with Crippen LogP contribution in [0.1, 0.15) is 10.5 Å². The van der Waals surface area contributed by atoms with Crippen LogP contribution in [0.25, 0.3) is 0 Å². The minimum Gasteiger partial charge on any atom is -0.353 e. The van der Waals surface area contributed by atoms with Crippen LogP contribution in [0.5, 0.6) is 0 Å². The summed E-state index contributed by atoms with van der Waals surface area (Å²) in [5, 5.41) is 2.67. The first-order chi connectivity index (χ1) is 7.18. The third kappa shape index (κ3) is 1.83. The normalized spacial score (nSPS) is 16.3. The van der Waals surface area contributed by atoms with E-state index in [2.05, 4.69) is 10.3 Å². The number of carbonyl (C=O) groups excluding carboxylic acids is 2. The maximum absolute atomic E-state index is 11.9. The molecule has 2 heterocycles. The van der Waals surface area contributed by atoms with E-state index in [1.807, 2.05) is 0 Å². The zero-order valence-electron chi connectivity index (χ0n) is 8.43. The molecule has 1 aromatic rings. The van der Waals surface area contributed by atoms with E-state index in [1.54, 1.807) is 17.9 Å². The third-order valence-corrected chi connectivity index (χ3v) is 2.36. The second-order valence-corrected chi connectivity index (χ2v) is 3.47. The fourth-order valence-electron chi connectivity index (χ4n) is 1.54. The van der Waals surface area contributed by atoms with Crippen LogP contribution in [0.3, 0.4) is 0 Å². The summed E-state index contributed by atoms with van der Waals surface area (Å²) in [6.45, 7) is 1.20. The summed E-state index contributed by atoms with van der Waals surface area (Å²) >= 11 is 0. The molecular formula is C9H12N4O2. The summed E-state index contributed by atoms with van der Waals surface area (Å²) in [7, 11) is 1.75. The molecule has 80 valence electrons. The van der Waals surface area contributed by atoms with Gasteiger partial charge in [0.1, 0.15) is 5.69 Å². The Kier molecular flexibility index (Phi) is 2.40. The van der Waals surface area contributed by atoms with Crippen LogP contribution >= 0.6 is 0 Å². The van der Waals surface area contributed by atoms with Gasteiger partial charge in [-0.25, -0.2) is 4.98 Å². The molecule has 1 aliphatic heterocycles. The maximum Gasteiger partial charge on any atom is 0.272 e. The molecule has 0 saturated carbocycles. The minimum absolute atomic E-state index is 0.114. The van der Waals surface area contributed by atoms with Crippen molar-refractivity contribution in [2.75, 3.05) is 19.6 Å². The number of carbonyl (C=O) groups is 2. The van der Waals surface area contributed by atoms with E-state index in [0.717, 1.165) is 0 Å². The number of nitrogens with zero attached hydrogens (tertiary/aromatic N) is 3. The predicted molar refractivity (Wildman–Crippen MR) is 52.1 cm³/mol. The second kappa shape index (κ2) is 3.72. The zero-order chi connectivity index (χ0) is 10.8. The molecule has 1 N–H and O–H groups in total. The van der Waals surface area contributed by atoms with Crippen LogP contribution < -0.4 is 5.32 Å². The summed E-state index contributed by atoms with van der Waals surface area (Å²) < 4.78 is 1.65. The molecule has 6 nitrogen and oxygen atoms in total. The van der Waals surface area contributed by atoms with Crippen molar-refractivity contribution >= 4 is 11.8 Å². The standard InChI is InChI=1S/C9H12N4O2/c1-12-6-10-4-7(12)9(15)13-3-2-11-8(14)5-13/h4,6H,2-3,5H2,1H3,(H,11,14). The highest BCUT2D eigenvalue weighted by molar-refractivity contribution is 5.95. The molecule has 1 aromatic heterocycles. The van der Waals surface area contributed by atoms with E-state index in [1.165, 1.54) is 11.1 Å². The van der Waals surface area contributed by atoms with E-state index in [0.29, 0.717) is 18.8 Å². The van der Waals surface area contributed by atoms with Gasteiger partial charge in [0.25, 0.3) is 5.91 Å². The van der Waals surface area contributed by atoms with E-state index < -0.39 is 0 Å². The quantitative estimate of drug-likeness (QED) is 0.643. The SMILES string of the molecule is Cn1cncc1C(=O)N1CCNC(=O)C1. The number of nitrogens with one attached hydrogen (secondary N) is 1. The topological polar surface area (TPSA) is 67.2 Å². The Morgan fingerprint density at radius 1 is 1.60 bits per heavy atom. The van der Waals surface area contributed by atoms with Crippen molar-refractivity contribution in [1.29, 1.82) is 0 Å². The van der Waals surface area contributed by atoms with Gasteiger partial charge in [0.15, 0.2) is 0 Å². The summed E-state index contributed by atoms with van der Waals surface area (Å²) in [5.74, 6) is -0.262. The van der Waals surface area contributed by atoms with Gasteiger partial charge in [-0.05, 0) is 0 Å². The van der Waals surface area contributed by atoms with Gasteiger partial charge in [-0.2, -0.15) is 0 Å². The molecule has 0 unspecified atom stereocenters. The monoisotopic (exact) mass is 208 g/mol. The highest BCUT2D eigenvalue weighted by atomic mass is 16.2. The lowest BCUT2D eigenvalue weighted by atomic mass is 10.3. The van der Waals surface area contributed by atoms with Gasteiger partial charge in [-0.1, -0.05) is 0 Å². The Hall–Kier alpha value is -1.85. The molecule has 0 bridgehead atoms. The summed E-state index contributed by atoms with van der Waals surface area (Å²) in [6.07, 6.45) is 3.08. The average molecular weight is 208 g/mol. The molecule has 0 atom stereocenters. The lowest BCUT2D eigenvalue weighted by molar-refractivity contribution is -0.123. The number of amides is 2. The number of piperazine rings is 1. The van der Waals surface area contributed by atoms with Crippen LogP contribution in [0.15, 0.2) is 12.5 Å². The van der Waals surface area contributed by atoms with Gasteiger partial charge in [0, 0.05) is 20.1 Å². The minimum atomic E-state index is -0.148. The van der Waals surface area contributed by atoms with Crippen molar-refractivity contribution in [2.24, 2.45) is 7.05 Å². The first-order valence-corrected chi connectivity index (χ1v) is 4.71. The van der Waals surface area contributed by atoms with Crippen LogP contribution in [-0.2, 0) is 11.8 Å².